The number of anilines is 1. The third-order valence-corrected chi connectivity index (χ3v) is 8.44. The molecule has 1 aliphatic rings. The molecule has 0 aliphatic carbocycles. The van der Waals surface area contributed by atoms with E-state index in [2.05, 4.69) is 24.0 Å². The number of aromatic nitrogens is 2. The maximum atomic E-state index is 13.7. The van der Waals surface area contributed by atoms with Gasteiger partial charge in [-0.15, -0.1) is 0 Å². The Hall–Kier alpha value is -3.26. The lowest BCUT2D eigenvalue weighted by atomic mass is 10.1. The fourth-order valence-electron chi connectivity index (χ4n) is 4.77. The number of thioether (sulfide) groups is 1. The van der Waals surface area contributed by atoms with E-state index in [1.807, 2.05) is 54.3 Å². The third-order valence-electron chi connectivity index (χ3n) is 7.15. The first kappa shape index (κ1) is 27.8. The highest BCUT2D eigenvalue weighted by Crippen LogP contribution is 2.28. The molecule has 0 bridgehead atoms. The molecule has 38 heavy (non-hydrogen) atoms. The molecule has 202 valence electrons. The van der Waals surface area contributed by atoms with Gasteiger partial charge in [-0.25, -0.2) is 4.98 Å². The quantitative estimate of drug-likeness (QED) is 0.278. The molecule has 0 saturated carbocycles. The normalized spacial score (nSPS) is 14.4. The number of methoxy groups -OCH3 is 1. The number of carbonyl (C=O) groups excluding carboxylic acids is 1. The van der Waals surface area contributed by atoms with Crippen LogP contribution in [0.2, 0.25) is 0 Å². The number of ether oxygens (including phenoxy) is 1. The van der Waals surface area contributed by atoms with Crippen LogP contribution < -0.4 is 15.2 Å². The van der Waals surface area contributed by atoms with Gasteiger partial charge in [-0.2, -0.15) is 0 Å². The Morgan fingerprint density at radius 2 is 1.74 bits per heavy atom. The van der Waals surface area contributed by atoms with E-state index in [0.29, 0.717) is 30.2 Å². The summed E-state index contributed by atoms with van der Waals surface area (Å²) in [7, 11) is 3.43. The van der Waals surface area contributed by atoms with Crippen LogP contribution in [0.5, 0.6) is 5.75 Å². The minimum absolute atomic E-state index is 0.0429. The lowest BCUT2D eigenvalue weighted by Crippen LogP contribution is -2.51. The molecule has 2 aromatic carbocycles. The van der Waals surface area contributed by atoms with Gasteiger partial charge in [-0.1, -0.05) is 61.9 Å². The second-order valence-corrected chi connectivity index (χ2v) is 10.9. The van der Waals surface area contributed by atoms with E-state index >= 15 is 0 Å². The van der Waals surface area contributed by atoms with Gasteiger partial charge in [0.05, 0.1) is 12.4 Å². The van der Waals surface area contributed by atoms with Crippen LogP contribution in [0.4, 0.5) is 5.69 Å². The first-order chi connectivity index (χ1) is 18.4. The number of rotatable bonds is 10. The smallest absolute Gasteiger partial charge is 0.257 e. The molecule has 2 heterocycles. The Morgan fingerprint density at radius 3 is 2.37 bits per heavy atom. The number of benzene rings is 2. The van der Waals surface area contributed by atoms with Crippen molar-refractivity contribution in [3.05, 3.63) is 81.8 Å². The van der Waals surface area contributed by atoms with Crippen LogP contribution in [0, 0.1) is 6.92 Å². The van der Waals surface area contributed by atoms with Crippen LogP contribution >= 0.6 is 11.8 Å². The molecule has 0 radical (unpaired) electrons. The Labute approximate surface area is 229 Å². The first-order valence-corrected chi connectivity index (χ1v) is 14.2. The minimum atomic E-state index is -0.264. The molecule has 4 rings (SSSR count). The zero-order chi connectivity index (χ0) is 27.1. The molecule has 1 aromatic heterocycles. The van der Waals surface area contributed by atoms with Gasteiger partial charge in [0, 0.05) is 56.6 Å². The van der Waals surface area contributed by atoms with Gasteiger partial charge >= 0.3 is 0 Å². The Bertz CT molecular complexity index is 1270. The number of carbonyl (C=O) groups is 1. The monoisotopic (exact) mass is 534 g/mol. The molecule has 7 nitrogen and oxygen atoms in total. The lowest BCUT2D eigenvalue weighted by Gasteiger charge is -2.37. The summed E-state index contributed by atoms with van der Waals surface area (Å²) in [5, 5.41) is 0.343. The van der Waals surface area contributed by atoms with E-state index in [0.717, 1.165) is 55.0 Å². The highest BCUT2D eigenvalue weighted by molar-refractivity contribution is 8.00. The SMILES string of the molecule is CCCCC(Sc1nc(C)c(Cc2ccccc2)c(=O)n1C)C(=O)N1CCN(c2ccc(OC)cc2)CC1. The topological polar surface area (TPSA) is 67.7 Å². The molecule has 1 aliphatic heterocycles. The second kappa shape index (κ2) is 13.0. The van der Waals surface area contributed by atoms with E-state index < -0.39 is 0 Å². The van der Waals surface area contributed by atoms with E-state index in [1.165, 1.54) is 11.8 Å². The zero-order valence-electron chi connectivity index (χ0n) is 22.9. The van der Waals surface area contributed by atoms with E-state index in [9.17, 15) is 9.59 Å². The summed E-state index contributed by atoms with van der Waals surface area (Å²) in [6.45, 7) is 6.95. The standard InChI is InChI=1S/C30H38N4O3S/c1-5-6-12-27(29(36)34-19-17-33(18-20-34)24-13-15-25(37-4)16-14-24)38-30-31-22(2)26(28(35)32(30)3)21-23-10-8-7-9-11-23/h7-11,13-16,27H,5-6,12,17-21H2,1-4H3. The molecule has 3 aromatic rings. The predicted molar refractivity (Wildman–Crippen MR) is 154 cm³/mol. The largest absolute Gasteiger partial charge is 0.497 e. The van der Waals surface area contributed by atoms with Crippen molar-refractivity contribution in [1.29, 1.82) is 0 Å². The van der Waals surface area contributed by atoms with Crippen molar-refractivity contribution in [2.45, 2.75) is 49.9 Å². The average molecular weight is 535 g/mol. The van der Waals surface area contributed by atoms with Crippen LogP contribution in [-0.2, 0) is 18.3 Å². The maximum absolute atomic E-state index is 13.7. The van der Waals surface area contributed by atoms with Crippen LogP contribution in [0.3, 0.4) is 0 Å². The minimum Gasteiger partial charge on any atom is -0.497 e. The zero-order valence-corrected chi connectivity index (χ0v) is 23.7. The molecular weight excluding hydrogens is 496 g/mol. The van der Waals surface area contributed by atoms with Gasteiger partial charge in [0.25, 0.3) is 5.56 Å². The van der Waals surface area contributed by atoms with Crippen molar-refractivity contribution in [2.75, 3.05) is 38.2 Å². The van der Waals surface area contributed by atoms with Gasteiger partial charge in [0.15, 0.2) is 5.16 Å². The number of unbranched alkanes of at least 4 members (excludes halogenated alkanes) is 1. The Balaban J connectivity index is 1.46. The molecule has 1 unspecified atom stereocenters. The van der Waals surface area contributed by atoms with Gasteiger partial charge in [-0.05, 0) is 43.2 Å². The number of hydrogen-bond acceptors (Lipinski definition) is 6. The maximum Gasteiger partial charge on any atom is 0.257 e. The summed E-state index contributed by atoms with van der Waals surface area (Å²) in [6.07, 6.45) is 3.28. The summed E-state index contributed by atoms with van der Waals surface area (Å²) in [5.74, 6) is 0.975. The van der Waals surface area contributed by atoms with Crippen molar-refractivity contribution < 1.29 is 9.53 Å². The molecule has 1 atom stereocenters. The van der Waals surface area contributed by atoms with Gasteiger partial charge in [-0.3, -0.25) is 14.2 Å². The molecule has 1 fully saturated rings. The fraction of sp³-hybridized carbons (Fsp3) is 0.433. The number of nitrogens with zero attached hydrogens (tertiary/aromatic N) is 4. The summed E-state index contributed by atoms with van der Waals surface area (Å²) >= 11 is 1.43. The average Bonchev–Trinajstić information content (AvgIpc) is 2.96. The summed E-state index contributed by atoms with van der Waals surface area (Å²) in [5.41, 5.74) is 3.61. The van der Waals surface area contributed by atoms with Crippen LogP contribution in [0.15, 0.2) is 64.5 Å². The van der Waals surface area contributed by atoms with E-state index in [1.54, 1.807) is 18.7 Å². The second-order valence-electron chi connectivity index (χ2n) is 9.74. The van der Waals surface area contributed by atoms with Crippen LogP contribution in [-0.4, -0.2) is 58.9 Å². The van der Waals surface area contributed by atoms with E-state index in [4.69, 9.17) is 9.72 Å². The van der Waals surface area contributed by atoms with Gasteiger partial charge in [0.1, 0.15) is 5.75 Å². The van der Waals surface area contributed by atoms with Crippen molar-refractivity contribution in [3.8, 4) is 5.75 Å². The van der Waals surface area contributed by atoms with Crippen molar-refractivity contribution >= 4 is 23.4 Å². The third kappa shape index (κ3) is 6.59. The summed E-state index contributed by atoms with van der Waals surface area (Å²) < 4.78 is 6.88. The number of aryl methyl sites for hydroxylation is 1. The fourth-order valence-corrected chi connectivity index (χ4v) is 5.99. The van der Waals surface area contributed by atoms with E-state index in [-0.39, 0.29) is 16.7 Å². The van der Waals surface area contributed by atoms with Gasteiger partial charge < -0.3 is 14.5 Å². The predicted octanol–water partition coefficient (Wildman–Crippen LogP) is 4.69. The Kier molecular flexibility index (Phi) is 9.50. The summed E-state index contributed by atoms with van der Waals surface area (Å²) in [6, 6.07) is 18.0. The van der Waals surface area contributed by atoms with Crippen molar-refractivity contribution in [1.82, 2.24) is 14.5 Å². The van der Waals surface area contributed by atoms with Gasteiger partial charge in [0.2, 0.25) is 5.91 Å². The Morgan fingerprint density at radius 1 is 1.05 bits per heavy atom. The van der Waals surface area contributed by atoms with Crippen LogP contribution in [0.1, 0.15) is 43.0 Å². The number of hydrogen-bond donors (Lipinski definition) is 0. The molecule has 0 N–H and O–H groups in total. The molecular formula is C30H38N4O3S. The summed E-state index contributed by atoms with van der Waals surface area (Å²) in [4.78, 5) is 36.1. The van der Waals surface area contributed by atoms with Crippen molar-refractivity contribution in [2.24, 2.45) is 7.05 Å². The highest BCUT2D eigenvalue weighted by Gasteiger charge is 2.29. The molecule has 1 amide bonds. The number of piperazine rings is 1. The van der Waals surface area contributed by atoms with Crippen LogP contribution in [0.25, 0.3) is 0 Å². The first-order valence-electron chi connectivity index (χ1n) is 13.4. The van der Waals surface area contributed by atoms with Crippen molar-refractivity contribution in [3.63, 3.8) is 0 Å². The molecule has 8 heteroatoms. The molecule has 0 spiro atoms. The highest BCUT2D eigenvalue weighted by atomic mass is 32.2. The molecule has 1 saturated heterocycles. The number of amides is 1. The lowest BCUT2D eigenvalue weighted by molar-refractivity contribution is -0.131.